The van der Waals surface area contributed by atoms with Gasteiger partial charge in [0.05, 0.1) is 32.6 Å². The number of phenols is 1. The summed E-state index contributed by atoms with van der Waals surface area (Å²) in [4.78, 5) is 16.9. The van der Waals surface area contributed by atoms with Crippen molar-refractivity contribution in [1.82, 2.24) is 4.90 Å². The van der Waals surface area contributed by atoms with Crippen molar-refractivity contribution >= 4 is 11.6 Å². The molecule has 0 aromatic heterocycles. The maximum Gasteiger partial charge on any atom is 0.257 e. The molecule has 3 rings (SSSR count). The number of phenolic OH excluding ortho intramolecular Hbond substituents is 1. The van der Waals surface area contributed by atoms with Crippen LogP contribution in [0.25, 0.3) is 0 Å². The van der Waals surface area contributed by atoms with Gasteiger partial charge in [-0.15, -0.1) is 0 Å². The molecule has 0 atom stereocenters. The van der Waals surface area contributed by atoms with Crippen LogP contribution in [0.1, 0.15) is 10.4 Å². The summed E-state index contributed by atoms with van der Waals surface area (Å²) in [5, 5.41) is 10.0. The molecule has 0 spiro atoms. The Morgan fingerprint density at radius 2 is 1.48 bits per heavy atom. The predicted octanol–water partition coefficient (Wildman–Crippen LogP) is 2.38. The molecule has 1 N–H and O–H groups in total. The fourth-order valence-electron chi connectivity index (χ4n) is 3.25. The largest absolute Gasteiger partial charge is 0.506 e. The predicted molar refractivity (Wildman–Crippen MR) is 102 cm³/mol. The van der Waals surface area contributed by atoms with Gasteiger partial charge in [0, 0.05) is 38.3 Å². The molecule has 0 radical (unpaired) electrons. The minimum atomic E-state index is -0.121. The molecule has 7 nitrogen and oxygen atoms in total. The summed E-state index contributed by atoms with van der Waals surface area (Å²) in [6.07, 6.45) is 0. The van der Waals surface area contributed by atoms with Crippen molar-refractivity contribution in [1.29, 1.82) is 0 Å². The third kappa shape index (κ3) is 3.72. The van der Waals surface area contributed by atoms with Crippen LogP contribution in [-0.2, 0) is 0 Å². The molecular formula is C20H24N2O5. The van der Waals surface area contributed by atoms with Crippen LogP contribution in [0.5, 0.6) is 23.0 Å². The van der Waals surface area contributed by atoms with Gasteiger partial charge in [-0.25, -0.2) is 0 Å². The number of hydrogen-bond donors (Lipinski definition) is 1. The van der Waals surface area contributed by atoms with Crippen molar-refractivity contribution < 1.29 is 24.1 Å². The van der Waals surface area contributed by atoms with Crippen molar-refractivity contribution in [2.45, 2.75) is 0 Å². The Bertz CT molecular complexity index is 816. The number of carbonyl (C=O) groups excluding carboxylic acids is 1. The van der Waals surface area contributed by atoms with Crippen molar-refractivity contribution in [2.24, 2.45) is 0 Å². The standard InChI is InChI=1S/C20H24N2O5/c1-25-17-13-19(27-3)18(26-2)12-14(17)20(24)22-10-8-21(9-11-22)15-6-4-5-7-16(15)23/h4-7,12-13,23H,8-11H2,1-3H3. The Morgan fingerprint density at radius 3 is 2.07 bits per heavy atom. The van der Waals surface area contributed by atoms with E-state index in [-0.39, 0.29) is 11.7 Å². The van der Waals surface area contributed by atoms with E-state index in [1.165, 1.54) is 21.3 Å². The highest BCUT2D eigenvalue weighted by atomic mass is 16.5. The van der Waals surface area contributed by atoms with Gasteiger partial charge in [-0.1, -0.05) is 12.1 Å². The van der Waals surface area contributed by atoms with Crippen molar-refractivity contribution in [3.05, 3.63) is 42.0 Å². The summed E-state index contributed by atoms with van der Waals surface area (Å²) in [6.45, 7) is 2.37. The highest BCUT2D eigenvalue weighted by molar-refractivity contribution is 5.98. The molecule has 1 heterocycles. The summed E-state index contributed by atoms with van der Waals surface area (Å²) in [5.74, 6) is 1.56. The maximum atomic E-state index is 13.0. The van der Waals surface area contributed by atoms with Gasteiger partial charge in [-0.2, -0.15) is 0 Å². The highest BCUT2D eigenvalue weighted by Gasteiger charge is 2.26. The van der Waals surface area contributed by atoms with Gasteiger partial charge in [0.15, 0.2) is 11.5 Å². The number of aromatic hydroxyl groups is 1. The lowest BCUT2D eigenvalue weighted by molar-refractivity contribution is 0.0743. The number of hydrogen-bond acceptors (Lipinski definition) is 6. The second kappa shape index (κ2) is 8.07. The topological polar surface area (TPSA) is 71.5 Å². The number of anilines is 1. The summed E-state index contributed by atoms with van der Waals surface area (Å²) in [6, 6.07) is 10.5. The molecule has 2 aromatic rings. The Kier molecular flexibility index (Phi) is 5.59. The van der Waals surface area contributed by atoms with Crippen molar-refractivity contribution in [3.8, 4) is 23.0 Å². The van der Waals surface area contributed by atoms with Crippen LogP contribution in [0.4, 0.5) is 5.69 Å². The van der Waals surface area contributed by atoms with Crippen molar-refractivity contribution in [3.63, 3.8) is 0 Å². The van der Waals surface area contributed by atoms with Crippen LogP contribution in [0.2, 0.25) is 0 Å². The first-order valence-corrected chi connectivity index (χ1v) is 8.71. The van der Waals surface area contributed by atoms with Gasteiger partial charge < -0.3 is 29.1 Å². The third-order valence-electron chi connectivity index (χ3n) is 4.73. The van der Waals surface area contributed by atoms with E-state index >= 15 is 0 Å². The Hall–Kier alpha value is -3.09. The van der Waals surface area contributed by atoms with E-state index in [1.54, 1.807) is 29.2 Å². The molecule has 1 amide bonds. The van der Waals surface area contributed by atoms with Gasteiger partial charge in [0.25, 0.3) is 5.91 Å². The SMILES string of the molecule is COc1cc(OC)c(C(=O)N2CCN(c3ccccc3O)CC2)cc1OC. The number of rotatable bonds is 5. The number of benzene rings is 2. The lowest BCUT2D eigenvalue weighted by Crippen LogP contribution is -2.48. The molecule has 1 fully saturated rings. The number of piperazine rings is 1. The highest BCUT2D eigenvalue weighted by Crippen LogP contribution is 2.35. The van der Waals surface area contributed by atoms with Crippen LogP contribution in [0.15, 0.2) is 36.4 Å². The molecule has 0 saturated carbocycles. The van der Waals surface area contributed by atoms with Crippen molar-refractivity contribution in [2.75, 3.05) is 52.4 Å². The van der Waals surface area contributed by atoms with E-state index in [1.807, 2.05) is 12.1 Å². The van der Waals surface area contributed by atoms with Crippen LogP contribution >= 0.6 is 0 Å². The molecule has 1 aliphatic heterocycles. The van der Waals surface area contributed by atoms with Crippen LogP contribution in [0.3, 0.4) is 0 Å². The van der Waals surface area contributed by atoms with Crippen LogP contribution < -0.4 is 19.1 Å². The summed E-state index contributed by atoms with van der Waals surface area (Å²) in [5.41, 5.74) is 1.22. The third-order valence-corrected chi connectivity index (χ3v) is 4.73. The number of amides is 1. The zero-order valence-electron chi connectivity index (χ0n) is 15.8. The fraction of sp³-hybridized carbons (Fsp3) is 0.350. The fourth-order valence-corrected chi connectivity index (χ4v) is 3.25. The first-order chi connectivity index (χ1) is 13.1. The first-order valence-electron chi connectivity index (χ1n) is 8.71. The molecule has 27 heavy (non-hydrogen) atoms. The first kappa shape index (κ1) is 18.7. The molecule has 7 heteroatoms. The Balaban J connectivity index is 1.77. The monoisotopic (exact) mass is 372 g/mol. The zero-order chi connectivity index (χ0) is 19.4. The minimum Gasteiger partial charge on any atom is -0.506 e. The smallest absolute Gasteiger partial charge is 0.257 e. The quantitative estimate of drug-likeness (QED) is 0.869. The molecule has 2 aromatic carbocycles. The van der Waals surface area contributed by atoms with E-state index in [4.69, 9.17) is 14.2 Å². The van der Waals surface area contributed by atoms with Gasteiger partial charge in [-0.3, -0.25) is 4.79 Å². The Morgan fingerprint density at radius 1 is 0.889 bits per heavy atom. The normalized spacial score (nSPS) is 14.0. The molecule has 0 unspecified atom stereocenters. The average Bonchev–Trinajstić information content (AvgIpc) is 2.72. The number of para-hydroxylation sites is 2. The number of nitrogens with zero attached hydrogens (tertiary/aromatic N) is 2. The van der Waals surface area contributed by atoms with Gasteiger partial charge in [-0.05, 0) is 12.1 Å². The van der Waals surface area contributed by atoms with Gasteiger partial charge in [0.2, 0.25) is 0 Å². The minimum absolute atomic E-state index is 0.121. The van der Waals surface area contributed by atoms with Gasteiger partial charge in [0.1, 0.15) is 11.5 Å². The molecule has 144 valence electrons. The number of carbonyl (C=O) groups is 1. The second-order valence-electron chi connectivity index (χ2n) is 6.18. The van der Waals surface area contributed by atoms with E-state index in [2.05, 4.69) is 4.90 Å². The number of methoxy groups -OCH3 is 3. The lowest BCUT2D eigenvalue weighted by atomic mass is 10.1. The average molecular weight is 372 g/mol. The summed E-state index contributed by atoms with van der Waals surface area (Å²) < 4.78 is 16.0. The van der Waals surface area contributed by atoms with E-state index in [0.717, 1.165) is 5.69 Å². The molecule has 1 aliphatic rings. The summed E-state index contributed by atoms with van der Waals surface area (Å²) in [7, 11) is 4.59. The van der Waals surface area contributed by atoms with Gasteiger partial charge >= 0.3 is 0 Å². The lowest BCUT2D eigenvalue weighted by Gasteiger charge is -2.36. The van der Waals surface area contributed by atoms with Crippen LogP contribution in [-0.4, -0.2) is 63.4 Å². The number of ether oxygens (including phenoxy) is 3. The second-order valence-corrected chi connectivity index (χ2v) is 6.18. The zero-order valence-corrected chi connectivity index (χ0v) is 15.8. The van der Waals surface area contributed by atoms with Crippen LogP contribution in [0, 0.1) is 0 Å². The summed E-state index contributed by atoms with van der Waals surface area (Å²) >= 11 is 0. The molecule has 1 saturated heterocycles. The molecule has 0 aliphatic carbocycles. The maximum absolute atomic E-state index is 13.0. The molecular weight excluding hydrogens is 348 g/mol. The Labute approximate surface area is 158 Å². The van der Waals surface area contributed by atoms with E-state index in [9.17, 15) is 9.90 Å². The van der Waals surface area contributed by atoms with E-state index in [0.29, 0.717) is 49.0 Å². The van der Waals surface area contributed by atoms with E-state index < -0.39 is 0 Å². The molecule has 0 bridgehead atoms.